The normalized spacial score (nSPS) is 31.1. The van der Waals surface area contributed by atoms with E-state index in [2.05, 4.69) is 44.8 Å². The molecule has 2 nitrogen and oxygen atoms in total. The zero-order valence-corrected chi connectivity index (χ0v) is 12.5. The van der Waals surface area contributed by atoms with E-state index in [1.807, 2.05) is 0 Å². The Hall–Kier alpha value is -0.0800. The number of nitrogens with zero attached hydrogens (tertiary/aromatic N) is 1. The summed E-state index contributed by atoms with van der Waals surface area (Å²) in [4.78, 5) is 2.72. The van der Waals surface area contributed by atoms with E-state index in [4.69, 9.17) is 0 Å². The van der Waals surface area contributed by atoms with Gasteiger partial charge in [0.15, 0.2) is 0 Å². The molecule has 0 aliphatic carbocycles. The van der Waals surface area contributed by atoms with Crippen LogP contribution in [-0.2, 0) is 0 Å². The van der Waals surface area contributed by atoms with Crippen LogP contribution in [0.4, 0.5) is 0 Å². The molecule has 0 bridgehead atoms. The van der Waals surface area contributed by atoms with Crippen LogP contribution in [0.5, 0.6) is 0 Å². The van der Waals surface area contributed by atoms with Gasteiger partial charge >= 0.3 is 0 Å². The summed E-state index contributed by atoms with van der Waals surface area (Å²) >= 11 is 0. The van der Waals surface area contributed by atoms with Crippen LogP contribution in [0.2, 0.25) is 0 Å². The van der Waals surface area contributed by atoms with Gasteiger partial charge in [0.1, 0.15) is 0 Å². The standard InChI is InChI=1S/C15H32N2/c1-6-14(7-2)11-17-10-9-15(16-8-3)12(4)13(17)5/h12-16H,6-11H2,1-5H3. The van der Waals surface area contributed by atoms with Crippen LogP contribution in [0.25, 0.3) is 0 Å². The van der Waals surface area contributed by atoms with Crippen LogP contribution in [0.1, 0.15) is 53.9 Å². The lowest BCUT2D eigenvalue weighted by Crippen LogP contribution is -2.54. The van der Waals surface area contributed by atoms with E-state index >= 15 is 0 Å². The maximum absolute atomic E-state index is 3.64. The first-order valence-electron chi connectivity index (χ1n) is 7.61. The van der Waals surface area contributed by atoms with Crippen molar-refractivity contribution in [2.45, 2.75) is 66.0 Å². The second kappa shape index (κ2) is 7.38. The Kier molecular flexibility index (Phi) is 6.50. The van der Waals surface area contributed by atoms with E-state index in [0.29, 0.717) is 0 Å². The summed E-state index contributed by atoms with van der Waals surface area (Å²) in [6.45, 7) is 15.4. The molecule has 1 N–H and O–H groups in total. The predicted octanol–water partition coefficient (Wildman–Crippen LogP) is 3.13. The summed E-state index contributed by atoms with van der Waals surface area (Å²) in [6.07, 6.45) is 3.97. The van der Waals surface area contributed by atoms with Crippen LogP contribution in [-0.4, -0.2) is 36.6 Å². The molecular weight excluding hydrogens is 208 g/mol. The molecular formula is C15H32N2. The SMILES string of the molecule is CCNC1CCN(CC(CC)CC)C(C)C1C. The van der Waals surface area contributed by atoms with E-state index in [1.54, 1.807) is 0 Å². The first-order chi connectivity index (χ1) is 8.13. The van der Waals surface area contributed by atoms with Crippen LogP contribution < -0.4 is 5.32 Å². The van der Waals surface area contributed by atoms with Gasteiger partial charge in [-0.2, -0.15) is 0 Å². The number of piperidine rings is 1. The molecule has 0 radical (unpaired) electrons. The van der Waals surface area contributed by atoms with E-state index < -0.39 is 0 Å². The van der Waals surface area contributed by atoms with Gasteiger partial charge in [-0.1, -0.05) is 40.5 Å². The Balaban J connectivity index is 2.49. The first-order valence-corrected chi connectivity index (χ1v) is 7.61. The van der Waals surface area contributed by atoms with Gasteiger partial charge in [-0.3, -0.25) is 0 Å². The summed E-state index contributed by atoms with van der Waals surface area (Å²) in [6, 6.07) is 1.46. The Morgan fingerprint density at radius 1 is 1.18 bits per heavy atom. The van der Waals surface area contributed by atoms with Crippen LogP contribution in [0, 0.1) is 11.8 Å². The van der Waals surface area contributed by atoms with Gasteiger partial charge in [0.25, 0.3) is 0 Å². The maximum atomic E-state index is 3.64. The third kappa shape index (κ3) is 3.96. The average Bonchev–Trinajstić information content (AvgIpc) is 2.34. The van der Waals surface area contributed by atoms with E-state index in [-0.39, 0.29) is 0 Å². The minimum Gasteiger partial charge on any atom is -0.314 e. The van der Waals surface area contributed by atoms with Crippen molar-refractivity contribution < 1.29 is 0 Å². The molecule has 1 aliphatic rings. The minimum atomic E-state index is 0.730. The monoisotopic (exact) mass is 240 g/mol. The van der Waals surface area contributed by atoms with Gasteiger partial charge in [0.05, 0.1) is 0 Å². The topological polar surface area (TPSA) is 15.3 Å². The molecule has 0 aromatic carbocycles. The molecule has 0 aromatic heterocycles. The highest BCUT2D eigenvalue weighted by atomic mass is 15.2. The second-order valence-electron chi connectivity index (χ2n) is 5.73. The fraction of sp³-hybridized carbons (Fsp3) is 1.00. The van der Waals surface area contributed by atoms with Crippen molar-refractivity contribution in [2.75, 3.05) is 19.6 Å². The molecule has 0 aromatic rings. The maximum Gasteiger partial charge on any atom is 0.0120 e. The third-order valence-corrected chi connectivity index (χ3v) is 4.81. The Bertz CT molecular complexity index is 201. The highest BCUT2D eigenvalue weighted by Crippen LogP contribution is 2.25. The lowest BCUT2D eigenvalue weighted by Gasteiger charge is -2.44. The molecule has 1 saturated heterocycles. The van der Waals surface area contributed by atoms with Crippen LogP contribution >= 0.6 is 0 Å². The van der Waals surface area contributed by atoms with Gasteiger partial charge in [0, 0.05) is 18.6 Å². The number of hydrogen-bond donors (Lipinski definition) is 1. The number of rotatable bonds is 6. The predicted molar refractivity (Wildman–Crippen MR) is 76.4 cm³/mol. The smallest absolute Gasteiger partial charge is 0.0120 e. The summed E-state index contributed by atoms with van der Waals surface area (Å²) < 4.78 is 0. The fourth-order valence-corrected chi connectivity index (χ4v) is 3.13. The van der Waals surface area contributed by atoms with Gasteiger partial charge in [-0.15, -0.1) is 0 Å². The fourth-order valence-electron chi connectivity index (χ4n) is 3.13. The number of nitrogens with one attached hydrogen (secondary N) is 1. The molecule has 3 unspecified atom stereocenters. The summed E-state index contributed by atoms with van der Waals surface area (Å²) in [5.41, 5.74) is 0. The van der Waals surface area contributed by atoms with Crippen molar-refractivity contribution in [2.24, 2.45) is 11.8 Å². The molecule has 3 atom stereocenters. The Morgan fingerprint density at radius 3 is 2.35 bits per heavy atom. The van der Waals surface area contributed by atoms with Crippen molar-refractivity contribution in [3.8, 4) is 0 Å². The van der Waals surface area contributed by atoms with Gasteiger partial charge in [0.2, 0.25) is 0 Å². The van der Waals surface area contributed by atoms with Crippen molar-refractivity contribution >= 4 is 0 Å². The Labute approximate surface area is 108 Å². The number of hydrogen-bond acceptors (Lipinski definition) is 2. The molecule has 1 rings (SSSR count). The van der Waals surface area contributed by atoms with E-state index in [1.165, 1.54) is 32.4 Å². The van der Waals surface area contributed by atoms with Crippen molar-refractivity contribution in [1.82, 2.24) is 10.2 Å². The van der Waals surface area contributed by atoms with Gasteiger partial charge < -0.3 is 10.2 Å². The lowest BCUT2D eigenvalue weighted by atomic mass is 9.86. The van der Waals surface area contributed by atoms with E-state index in [0.717, 1.165) is 30.5 Å². The first kappa shape index (κ1) is 15.0. The van der Waals surface area contributed by atoms with Crippen LogP contribution in [0.15, 0.2) is 0 Å². The van der Waals surface area contributed by atoms with Crippen molar-refractivity contribution in [3.05, 3.63) is 0 Å². The second-order valence-corrected chi connectivity index (χ2v) is 5.73. The van der Waals surface area contributed by atoms with Crippen molar-refractivity contribution in [1.29, 1.82) is 0 Å². The zero-order valence-electron chi connectivity index (χ0n) is 12.5. The summed E-state index contributed by atoms with van der Waals surface area (Å²) in [7, 11) is 0. The Morgan fingerprint density at radius 2 is 1.82 bits per heavy atom. The highest BCUT2D eigenvalue weighted by Gasteiger charge is 2.32. The highest BCUT2D eigenvalue weighted by molar-refractivity contribution is 4.89. The average molecular weight is 240 g/mol. The van der Waals surface area contributed by atoms with Crippen molar-refractivity contribution in [3.63, 3.8) is 0 Å². The quantitative estimate of drug-likeness (QED) is 0.767. The third-order valence-electron chi connectivity index (χ3n) is 4.81. The minimum absolute atomic E-state index is 0.730. The lowest BCUT2D eigenvalue weighted by molar-refractivity contribution is 0.0694. The molecule has 2 heteroatoms. The molecule has 0 amide bonds. The molecule has 17 heavy (non-hydrogen) atoms. The van der Waals surface area contributed by atoms with Crippen LogP contribution in [0.3, 0.4) is 0 Å². The molecule has 1 fully saturated rings. The largest absolute Gasteiger partial charge is 0.314 e. The molecule has 1 heterocycles. The molecule has 1 aliphatic heterocycles. The van der Waals surface area contributed by atoms with Gasteiger partial charge in [-0.25, -0.2) is 0 Å². The molecule has 0 spiro atoms. The number of likely N-dealkylation sites (tertiary alicyclic amines) is 1. The summed E-state index contributed by atoms with van der Waals surface area (Å²) in [5, 5.41) is 3.64. The van der Waals surface area contributed by atoms with E-state index in [9.17, 15) is 0 Å². The van der Waals surface area contributed by atoms with Gasteiger partial charge in [-0.05, 0) is 38.3 Å². The molecule has 102 valence electrons. The zero-order chi connectivity index (χ0) is 12.8. The summed E-state index contributed by atoms with van der Waals surface area (Å²) in [5.74, 6) is 1.67. The molecule has 0 saturated carbocycles.